The van der Waals surface area contributed by atoms with Crippen molar-refractivity contribution < 1.29 is 9.53 Å². The molecule has 0 aromatic carbocycles. The highest BCUT2D eigenvalue weighted by Crippen LogP contribution is 2.44. The Morgan fingerprint density at radius 2 is 1.95 bits per heavy atom. The molecule has 1 aliphatic heterocycles. The molecule has 1 heterocycles. The summed E-state index contributed by atoms with van der Waals surface area (Å²) in [6, 6.07) is 2.13. The van der Waals surface area contributed by atoms with E-state index in [9.17, 15) is 4.79 Å². The predicted molar refractivity (Wildman–Crippen MR) is 74.7 cm³/mol. The molecular weight excluding hydrogens is 252 g/mol. The fourth-order valence-corrected chi connectivity index (χ4v) is 4.41. The SMILES string of the molecule is N#CC1CN(C(=O)C2CCCC3CCCCC32)CCO1. The minimum atomic E-state index is -0.432. The molecule has 4 heteroatoms. The van der Waals surface area contributed by atoms with E-state index in [1.165, 1.54) is 38.5 Å². The van der Waals surface area contributed by atoms with Crippen LogP contribution in [0.5, 0.6) is 0 Å². The lowest BCUT2D eigenvalue weighted by atomic mass is 9.65. The van der Waals surface area contributed by atoms with Gasteiger partial charge < -0.3 is 9.64 Å². The van der Waals surface area contributed by atoms with Crippen molar-refractivity contribution >= 4 is 5.91 Å². The number of carbonyl (C=O) groups excluding carboxylic acids is 1. The first-order valence-corrected chi connectivity index (χ1v) is 8.09. The van der Waals surface area contributed by atoms with Gasteiger partial charge in [-0.1, -0.05) is 32.1 Å². The van der Waals surface area contributed by atoms with Gasteiger partial charge in [-0.3, -0.25) is 4.79 Å². The molecule has 4 nitrogen and oxygen atoms in total. The highest BCUT2D eigenvalue weighted by atomic mass is 16.5. The second-order valence-electron chi connectivity index (χ2n) is 6.52. The van der Waals surface area contributed by atoms with Crippen LogP contribution in [0.3, 0.4) is 0 Å². The maximum Gasteiger partial charge on any atom is 0.226 e. The number of hydrogen-bond donors (Lipinski definition) is 0. The zero-order chi connectivity index (χ0) is 13.9. The monoisotopic (exact) mass is 276 g/mol. The summed E-state index contributed by atoms with van der Waals surface area (Å²) in [7, 11) is 0. The van der Waals surface area contributed by atoms with Crippen molar-refractivity contribution in [1.82, 2.24) is 4.90 Å². The van der Waals surface area contributed by atoms with E-state index >= 15 is 0 Å². The fraction of sp³-hybridized carbons (Fsp3) is 0.875. The molecule has 2 saturated carbocycles. The molecule has 0 aromatic heterocycles. The van der Waals surface area contributed by atoms with Crippen LogP contribution < -0.4 is 0 Å². The summed E-state index contributed by atoms with van der Waals surface area (Å²) < 4.78 is 5.35. The number of ether oxygens (including phenoxy) is 1. The number of morpholine rings is 1. The molecule has 0 N–H and O–H groups in total. The zero-order valence-corrected chi connectivity index (χ0v) is 12.1. The topological polar surface area (TPSA) is 53.3 Å². The van der Waals surface area contributed by atoms with Gasteiger partial charge in [0.15, 0.2) is 6.10 Å². The van der Waals surface area contributed by atoms with Gasteiger partial charge in [-0.05, 0) is 24.7 Å². The summed E-state index contributed by atoms with van der Waals surface area (Å²) in [6.45, 7) is 1.62. The number of amides is 1. The number of carbonyl (C=O) groups is 1. The quantitative estimate of drug-likeness (QED) is 0.738. The Kier molecular flexibility index (Phi) is 4.26. The highest BCUT2D eigenvalue weighted by molar-refractivity contribution is 5.79. The molecule has 3 fully saturated rings. The van der Waals surface area contributed by atoms with E-state index in [-0.39, 0.29) is 5.92 Å². The summed E-state index contributed by atoms with van der Waals surface area (Å²) in [6.07, 6.45) is 8.31. The van der Waals surface area contributed by atoms with Crippen molar-refractivity contribution in [3.63, 3.8) is 0 Å². The summed E-state index contributed by atoms with van der Waals surface area (Å²) in [5.41, 5.74) is 0. The predicted octanol–water partition coefficient (Wildman–Crippen LogP) is 2.34. The van der Waals surface area contributed by atoms with Crippen molar-refractivity contribution in [1.29, 1.82) is 5.26 Å². The van der Waals surface area contributed by atoms with Crippen LogP contribution in [0.25, 0.3) is 0 Å². The number of nitrogens with zero attached hydrogens (tertiary/aromatic N) is 2. The average Bonchev–Trinajstić information content (AvgIpc) is 2.53. The molecule has 4 atom stereocenters. The Labute approximate surface area is 121 Å². The Balaban J connectivity index is 1.67. The van der Waals surface area contributed by atoms with E-state index in [2.05, 4.69) is 6.07 Å². The molecule has 4 unspecified atom stereocenters. The van der Waals surface area contributed by atoms with Gasteiger partial charge >= 0.3 is 0 Å². The largest absolute Gasteiger partial charge is 0.360 e. The molecule has 1 saturated heterocycles. The molecule has 0 bridgehead atoms. The van der Waals surface area contributed by atoms with Crippen molar-refractivity contribution in [2.45, 2.75) is 51.0 Å². The highest BCUT2D eigenvalue weighted by Gasteiger charge is 2.40. The molecule has 3 rings (SSSR count). The zero-order valence-electron chi connectivity index (χ0n) is 12.1. The first-order valence-electron chi connectivity index (χ1n) is 8.09. The van der Waals surface area contributed by atoms with Crippen LogP contribution in [-0.4, -0.2) is 36.6 Å². The van der Waals surface area contributed by atoms with E-state index in [0.29, 0.717) is 31.5 Å². The van der Waals surface area contributed by atoms with E-state index in [0.717, 1.165) is 12.3 Å². The van der Waals surface area contributed by atoms with Crippen molar-refractivity contribution in [3.8, 4) is 6.07 Å². The van der Waals surface area contributed by atoms with Gasteiger partial charge in [0.05, 0.1) is 19.2 Å². The van der Waals surface area contributed by atoms with E-state index < -0.39 is 6.10 Å². The first kappa shape index (κ1) is 13.9. The van der Waals surface area contributed by atoms with Gasteiger partial charge in [-0.25, -0.2) is 0 Å². The molecule has 0 radical (unpaired) electrons. The minimum absolute atomic E-state index is 0.214. The standard InChI is InChI=1S/C16H24N2O2/c17-10-13-11-18(8-9-20-13)16(19)15-7-3-5-12-4-1-2-6-14(12)15/h12-15H,1-9,11H2. The summed E-state index contributed by atoms with van der Waals surface area (Å²) in [5, 5.41) is 8.98. The minimum Gasteiger partial charge on any atom is -0.360 e. The fourth-order valence-electron chi connectivity index (χ4n) is 4.41. The van der Waals surface area contributed by atoms with E-state index in [4.69, 9.17) is 10.00 Å². The van der Waals surface area contributed by atoms with Crippen molar-refractivity contribution in [2.75, 3.05) is 19.7 Å². The summed E-state index contributed by atoms with van der Waals surface area (Å²) in [5.74, 6) is 1.89. The number of rotatable bonds is 1. The Hall–Kier alpha value is -1.08. The second kappa shape index (κ2) is 6.13. The van der Waals surface area contributed by atoms with E-state index in [1.807, 2.05) is 4.90 Å². The van der Waals surface area contributed by atoms with Gasteiger partial charge in [0.25, 0.3) is 0 Å². The molecule has 2 aliphatic carbocycles. The second-order valence-corrected chi connectivity index (χ2v) is 6.52. The lowest BCUT2D eigenvalue weighted by molar-refractivity contribution is -0.146. The maximum atomic E-state index is 12.8. The Morgan fingerprint density at radius 3 is 2.80 bits per heavy atom. The van der Waals surface area contributed by atoms with Crippen molar-refractivity contribution in [3.05, 3.63) is 0 Å². The third-order valence-corrected chi connectivity index (χ3v) is 5.41. The molecular formula is C16H24N2O2. The van der Waals surface area contributed by atoms with Gasteiger partial charge in [-0.2, -0.15) is 5.26 Å². The van der Waals surface area contributed by atoms with Crippen LogP contribution in [0.1, 0.15) is 44.9 Å². The summed E-state index contributed by atoms with van der Waals surface area (Å²) >= 11 is 0. The van der Waals surface area contributed by atoms with Crippen LogP contribution in [0.4, 0.5) is 0 Å². The maximum absolute atomic E-state index is 12.8. The lowest BCUT2D eigenvalue weighted by Crippen LogP contribution is -2.50. The number of hydrogen-bond acceptors (Lipinski definition) is 3. The molecule has 0 aromatic rings. The molecule has 0 spiro atoms. The van der Waals surface area contributed by atoms with Crippen LogP contribution in [-0.2, 0) is 9.53 Å². The van der Waals surface area contributed by atoms with Crippen LogP contribution in [0.15, 0.2) is 0 Å². The van der Waals surface area contributed by atoms with Gasteiger partial charge in [0, 0.05) is 12.5 Å². The third-order valence-electron chi connectivity index (χ3n) is 5.41. The Bertz CT molecular complexity index is 402. The molecule has 110 valence electrons. The lowest BCUT2D eigenvalue weighted by Gasteiger charge is -2.43. The summed E-state index contributed by atoms with van der Waals surface area (Å²) in [4.78, 5) is 14.7. The van der Waals surface area contributed by atoms with Crippen LogP contribution >= 0.6 is 0 Å². The average molecular weight is 276 g/mol. The first-order chi connectivity index (χ1) is 9.79. The Morgan fingerprint density at radius 1 is 1.15 bits per heavy atom. The molecule has 1 amide bonds. The smallest absolute Gasteiger partial charge is 0.226 e. The van der Waals surface area contributed by atoms with Crippen LogP contribution in [0, 0.1) is 29.1 Å². The van der Waals surface area contributed by atoms with Crippen molar-refractivity contribution in [2.24, 2.45) is 17.8 Å². The molecule has 20 heavy (non-hydrogen) atoms. The van der Waals surface area contributed by atoms with E-state index in [1.54, 1.807) is 0 Å². The van der Waals surface area contributed by atoms with Gasteiger partial charge in [-0.15, -0.1) is 0 Å². The van der Waals surface area contributed by atoms with Gasteiger partial charge in [0.1, 0.15) is 0 Å². The third kappa shape index (κ3) is 2.69. The van der Waals surface area contributed by atoms with Crippen LogP contribution in [0.2, 0.25) is 0 Å². The van der Waals surface area contributed by atoms with Gasteiger partial charge in [0.2, 0.25) is 5.91 Å². The number of nitriles is 1. The molecule has 3 aliphatic rings. The normalized spacial score (nSPS) is 37.9. The number of fused-ring (bicyclic) bond motifs is 1.